The van der Waals surface area contributed by atoms with Crippen LogP contribution in [0.5, 0.6) is 0 Å². The Morgan fingerprint density at radius 1 is 1.21 bits per heavy atom. The molecule has 2 heteroatoms. The van der Waals surface area contributed by atoms with Crippen LogP contribution in [-0.2, 0) is 7.05 Å². The minimum atomic E-state index is 1.08. The second kappa shape index (κ2) is 4.27. The molecule has 0 aromatic carbocycles. The van der Waals surface area contributed by atoms with Crippen molar-refractivity contribution < 1.29 is 0 Å². The van der Waals surface area contributed by atoms with Crippen molar-refractivity contribution in [2.45, 2.75) is 27.7 Å². The molecule has 0 aliphatic carbocycles. The molecule has 14 heavy (non-hydrogen) atoms. The van der Waals surface area contributed by atoms with Crippen LogP contribution in [0.15, 0.2) is 18.3 Å². The average Bonchev–Trinajstić information content (AvgIpc) is 2.52. The highest BCUT2D eigenvalue weighted by Crippen LogP contribution is 2.17. The van der Waals surface area contributed by atoms with Crippen molar-refractivity contribution in [3.05, 3.63) is 29.6 Å². The number of fused-ring (bicyclic) bond motifs is 1. The summed E-state index contributed by atoms with van der Waals surface area (Å²) in [6, 6.07) is 4.22. The summed E-state index contributed by atoms with van der Waals surface area (Å²) in [5.74, 6) is 0. The largest absolute Gasteiger partial charge is 0.336 e. The Hall–Kier alpha value is -1.31. The van der Waals surface area contributed by atoms with Crippen molar-refractivity contribution in [2.75, 3.05) is 0 Å². The Bertz CT molecular complexity index is 427. The topological polar surface area (TPSA) is 17.8 Å². The van der Waals surface area contributed by atoms with Gasteiger partial charge in [0.25, 0.3) is 0 Å². The maximum Gasteiger partial charge on any atom is 0.140 e. The van der Waals surface area contributed by atoms with E-state index in [1.807, 2.05) is 34.0 Å². The molecule has 0 aliphatic heterocycles. The number of rotatable bonds is 0. The van der Waals surface area contributed by atoms with E-state index in [9.17, 15) is 0 Å². The number of aryl methyl sites for hydroxylation is 3. The van der Waals surface area contributed by atoms with Gasteiger partial charge in [-0.2, -0.15) is 0 Å². The first-order valence-corrected chi connectivity index (χ1v) is 5.08. The van der Waals surface area contributed by atoms with E-state index in [2.05, 4.69) is 28.6 Å². The molecule has 2 nitrogen and oxygen atoms in total. The highest BCUT2D eigenvalue weighted by Gasteiger charge is 2.02. The van der Waals surface area contributed by atoms with Gasteiger partial charge in [-0.25, -0.2) is 4.98 Å². The van der Waals surface area contributed by atoms with Crippen LogP contribution < -0.4 is 0 Å². The van der Waals surface area contributed by atoms with Crippen LogP contribution in [0.25, 0.3) is 11.0 Å². The molecule has 0 bridgehead atoms. The summed E-state index contributed by atoms with van der Waals surface area (Å²) in [7, 11) is 2.02. The van der Waals surface area contributed by atoms with Crippen LogP contribution in [0.1, 0.15) is 25.1 Å². The van der Waals surface area contributed by atoms with Gasteiger partial charge in [0.15, 0.2) is 0 Å². The Labute approximate surface area is 85.6 Å². The maximum atomic E-state index is 4.46. The lowest BCUT2D eigenvalue weighted by Gasteiger charge is -1.99. The van der Waals surface area contributed by atoms with Gasteiger partial charge in [0.2, 0.25) is 0 Å². The van der Waals surface area contributed by atoms with E-state index in [1.54, 1.807) is 0 Å². The third-order valence-corrected chi connectivity index (χ3v) is 2.17. The lowest BCUT2D eigenvalue weighted by atomic mass is 10.2. The fourth-order valence-electron chi connectivity index (χ4n) is 1.56. The molecule has 0 saturated carbocycles. The van der Waals surface area contributed by atoms with E-state index in [-0.39, 0.29) is 0 Å². The molecule has 0 unspecified atom stereocenters. The van der Waals surface area contributed by atoms with Gasteiger partial charge >= 0.3 is 0 Å². The van der Waals surface area contributed by atoms with Crippen molar-refractivity contribution in [1.82, 2.24) is 9.55 Å². The van der Waals surface area contributed by atoms with Crippen molar-refractivity contribution in [3.8, 4) is 0 Å². The SMILES string of the molecule is CC.Cc1cc(C)c2ccn(C)c2n1. The van der Waals surface area contributed by atoms with Crippen LogP contribution in [0.2, 0.25) is 0 Å². The van der Waals surface area contributed by atoms with Crippen molar-refractivity contribution in [2.24, 2.45) is 7.05 Å². The van der Waals surface area contributed by atoms with Crippen molar-refractivity contribution >= 4 is 11.0 Å². The van der Waals surface area contributed by atoms with Crippen LogP contribution in [0.4, 0.5) is 0 Å². The third kappa shape index (κ3) is 1.79. The van der Waals surface area contributed by atoms with Gasteiger partial charge < -0.3 is 4.57 Å². The summed E-state index contributed by atoms with van der Waals surface area (Å²) >= 11 is 0. The summed E-state index contributed by atoms with van der Waals surface area (Å²) < 4.78 is 2.05. The first-order chi connectivity index (χ1) is 6.68. The average molecular weight is 190 g/mol. The summed E-state index contributed by atoms with van der Waals surface area (Å²) in [6.07, 6.45) is 2.05. The van der Waals surface area contributed by atoms with E-state index < -0.39 is 0 Å². The monoisotopic (exact) mass is 190 g/mol. The number of nitrogens with zero attached hydrogens (tertiary/aromatic N) is 2. The molecule has 2 heterocycles. The van der Waals surface area contributed by atoms with Crippen molar-refractivity contribution in [3.63, 3.8) is 0 Å². The van der Waals surface area contributed by atoms with Gasteiger partial charge in [-0.15, -0.1) is 0 Å². The van der Waals surface area contributed by atoms with Gasteiger partial charge in [-0.05, 0) is 31.5 Å². The summed E-state index contributed by atoms with van der Waals surface area (Å²) in [5, 5.41) is 1.25. The van der Waals surface area contributed by atoms with Gasteiger partial charge in [-0.1, -0.05) is 13.8 Å². The third-order valence-electron chi connectivity index (χ3n) is 2.17. The predicted molar refractivity (Wildman–Crippen MR) is 61.5 cm³/mol. The standard InChI is InChI=1S/C10H12N2.C2H6/c1-7-6-8(2)11-10-9(7)4-5-12(10)3;1-2/h4-6H,1-3H3;1-2H3. The predicted octanol–water partition coefficient (Wildman–Crippen LogP) is 3.22. The molecule has 76 valence electrons. The lowest BCUT2D eigenvalue weighted by molar-refractivity contribution is 0.942. The number of hydrogen-bond donors (Lipinski definition) is 0. The van der Waals surface area contributed by atoms with E-state index in [0.29, 0.717) is 0 Å². The van der Waals surface area contributed by atoms with E-state index in [4.69, 9.17) is 0 Å². The lowest BCUT2D eigenvalue weighted by Crippen LogP contribution is -1.91. The molecule has 2 rings (SSSR count). The van der Waals surface area contributed by atoms with Gasteiger partial charge in [0, 0.05) is 24.3 Å². The van der Waals surface area contributed by atoms with Crippen LogP contribution in [-0.4, -0.2) is 9.55 Å². The van der Waals surface area contributed by atoms with Crippen LogP contribution in [0, 0.1) is 13.8 Å². The zero-order valence-corrected chi connectivity index (χ0v) is 9.63. The Morgan fingerprint density at radius 2 is 1.86 bits per heavy atom. The molecule has 0 amide bonds. The number of hydrogen-bond acceptors (Lipinski definition) is 1. The van der Waals surface area contributed by atoms with E-state index >= 15 is 0 Å². The van der Waals surface area contributed by atoms with Crippen LogP contribution in [0.3, 0.4) is 0 Å². The first kappa shape index (κ1) is 10.8. The normalized spacial score (nSPS) is 9.79. The fourth-order valence-corrected chi connectivity index (χ4v) is 1.56. The molecule has 0 saturated heterocycles. The van der Waals surface area contributed by atoms with Gasteiger partial charge in [-0.3, -0.25) is 0 Å². The van der Waals surface area contributed by atoms with Crippen molar-refractivity contribution in [1.29, 1.82) is 0 Å². The highest BCUT2D eigenvalue weighted by molar-refractivity contribution is 5.80. The Kier molecular flexibility index (Phi) is 3.28. The minimum Gasteiger partial charge on any atom is -0.336 e. The van der Waals surface area contributed by atoms with Gasteiger partial charge in [0.1, 0.15) is 5.65 Å². The molecule has 2 aromatic rings. The van der Waals surface area contributed by atoms with E-state index in [1.165, 1.54) is 10.9 Å². The molecule has 0 fully saturated rings. The summed E-state index contributed by atoms with van der Waals surface area (Å²) in [5.41, 5.74) is 3.47. The zero-order valence-electron chi connectivity index (χ0n) is 9.63. The molecule has 0 aliphatic rings. The molecule has 0 spiro atoms. The quantitative estimate of drug-likeness (QED) is 0.623. The number of pyridine rings is 1. The number of aromatic nitrogens is 2. The fraction of sp³-hybridized carbons (Fsp3) is 0.417. The van der Waals surface area contributed by atoms with Gasteiger partial charge in [0.05, 0.1) is 0 Å². The highest BCUT2D eigenvalue weighted by atomic mass is 15.0. The molecule has 0 N–H and O–H groups in total. The first-order valence-electron chi connectivity index (χ1n) is 5.08. The van der Waals surface area contributed by atoms with Crippen LogP contribution >= 0.6 is 0 Å². The molecular formula is C12H18N2. The Morgan fingerprint density at radius 3 is 2.50 bits per heavy atom. The summed E-state index contributed by atoms with van der Waals surface area (Å²) in [4.78, 5) is 4.46. The maximum absolute atomic E-state index is 4.46. The molecular weight excluding hydrogens is 172 g/mol. The molecule has 0 atom stereocenters. The molecule has 0 radical (unpaired) electrons. The zero-order chi connectivity index (χ0) is 10.7. The summed E-state index contributed by atoms with van der Waals surface area (Å²) in [6.45, 7) is 8.15. The Balaban J connectivity index is 0.000000461. The van der Waals surface area contributed by atoms with E-state index in [0.717, 1.165) is 11.3 Å². The second-order valence-corrected chi connectivity index (χ2v) is 3.24. The minimum absolute atomic E-state index is 1.08. The molecule has 2 aromatic heterocycles. The second-order valence-electron chi connectivity index (χ2n) is 3.24. The smallest absolute Gasteiger partial charge is 0.140 e.